The number of fused-ring (bicyclic) bond motifs is 1. The van der Waals surface area contributed by atoms with Gasteiger partial charge in [0.25, 0.3) is 0 Å². The molecule has 0 saturated heterocycles. The second kappa shape index (κ2) is 3.69. The zero-order valence-electron chi connectivity index (χ0n) is 8.45. The number of nitrogens with two attached hydrogens (primary N) is 1. The predicted molar refractivity (Wildman–Crippen MR) is 60.7 cm³/mol. The molecule has 82 valence electrons. The van der Waals surface area contributed by atoms with Crippen molar-refractivity contribution in [3.05, 3.63) is 29.9 Å². The molecule has 3 aromatic rings. The SMILES string of the molecule is NCCc1c(-n2cncn2)nc2sccn12. The average Bonchev–Trinajstić information content (AvgIpc) is 2.93. The zero-order valence-corrected chi connectivity index (χ0v) is 9.26. The number of imidazole rings is 1. The first-order valence-corrected chi connectivity index (χ1v) is 5.77. The molecule has 16 heavy (non-hydrogen) atoms. The van der Waals surface area contributed by atoms with Gasteiger partial charge in [0.1, 0.15) is 12.7 Å². The number of hydrogen-bond donors (Lipinski definition) is 1. The third kappa shape index (κ3) is 1.33. The van der Waals surface area contributed by atoms with Gasteiger partial charge >= 0.3 is 0 Å². The summed E-state index contributed by atoms with van der Waals surface area (Å²) >= 11 is 1.59. The second-order valence-corrected chi connectivity index (χ2v) is 4.19. The van der Waals surface area contributed by atoms with Crippen LogP contribution in [0.15, 0.2) is 24.2 Å². The second-order valence-electron chi connectivity index (χ2n) is 3.32. The highest BCUT2D eigenvalue weighted by Crippen LogP contribution is 2.19. The van der Waals surface area contributed by atoms with E-state index in [1.165, 1.54) is 6.33 Å². The van der Waals surface area contributed by atoms with Crippen LogP contribution in [0.1, 0.15) is 5.69 Å². The fourth-order valence-corrected chi connectivity index (χ4v) is 2.42. The zero-order chi connectivity index (χ0) is 11.0. The van der Waals surface area contributed by atoms with Crippen LogP contribution in [0.2, 0.25) is 0 Å². The molecule has 7 heteroatoms. The number of hydrogen-bond acceptors (Lipinski definition) is 5. The highest BCUT2D eigenvalue weighted by molar-refractivity contribution is 7.15. The van der Waals surface area contributed by atoms with E-state index in [-0.39, 0.29) is 0 Å². The minimum atomic E-state index is 0.589. The summed E-state index contributed by atoms with van der Waals surface area (Å²) in [6.07, 6.45) is 5.91. The van der Waals surface area contributed by atoms with E-state index in [1.807, 2.05) is 11.6 Å². The molecule has 0 aromatic carbocycles. The molecule has 0 bridgehead atoms. The van der Waals surface area contributed by atoms with E-state index in [0.29, 0.717) is 6.54 Å². The molecule has 0 aliphatic carbocycles. The Hall–Kier alpha value is -1.73. The standard InChI is InChI=1S/C9H10N6S/c10-2-1-7-8(15-6-11-5-12-15)13-9-14(7)3-4-16-9/h3-6H,1-2,10H2. The molecule has 0 saturated carbocycles. The Morgan fingerprint density at radius 2 is 2.38 bits per heavy atom. The molecule has 2 N–H and O–H groups in total. The largest absolute Gasteiger partial charge is 0.330 e. The van der Waals surface area contributed by atoms with Gasteiger partial charge in [0.2, 0.25) is 0 Å². The Morgan fingerprint density at radius 3 is 3.12 bits per heavy atom. The lowest BCUT2D eigenvalue weighted by atomic mass is 10.3. The van der Waals surface area contributed by atoms with Crippen LogP contribution in [-0.2, 0) is 6.42 Å². The molecular formula is C9H10N6S. The van der Waals surface area contributed by atoms with E-state index in [1.54, 1.807) is 22.3 Å². The van der Waals surface area contributed by atoms with Crippen molar-refractivity contribution in [1.29, 1.82) is 0 Å². The molecule has 0 amide bonds. The van der Waals surface area contributed by atoms with E-state index in [0.717, 1.165) is 22.9 Å². The fraction of sp³-hybridized carbons (Fsp3) is 0.222. The van der Waals surface area contributed by atoms with Crippen molar-refractivity contribution in [2.24, 2.45) is 5.73 Å². The van der Waals surface area contributed by atoms with E-state index in [2.05, 4.69) is 19.5 Å². The molecule has 0 radical (unpaired) electrons. The van der Waals surface area contributed by atoms with Crippen LogP contribution in [0.3, 0.4) is 0 Å². The summed E-state index contributed by atoms with van der Waals surface area (Å²) in [6, 6.07) is 0. The summed E-state index contributed by atoms with van der Waals surface area (Å²) in [5.41, 5.74) is 6.69. The summed E-state index contributed by atoms with van der Waals surface area (Å²) < 4.78 is 3.72. The molecule has 3 aromatic heterocycles. The highest BCUT2D eigenvalue weighted by atomic mass is 32.1. The van der Waals surface area contributed by atoms with Crippen LogP contribution in [-0.4, -0.2) is 30.7 Å². The van der Waals surface area contributed by atoms with Crippen LogP contribution in [0.4, 0.5) is 0 Å². The first-order valence-electron chi connectivity index (χ1n) is 4.89. The summed E-state index contributed by atoms with van der Waals surface area (Å²) in [7, 11) is 0. The molecule has 0 aliphatic rings. The van der Waals surface area contributed by atoms with Crippen LogP contribution < -0.4 is 5.73 Å². The molecular weight excluding hydrogens is 224 g/mol. The summed E-state index contributed by atoms with van der Waals surface area (Å²) in [6.45, 7) is 0.589. The topological polar surface area (TPSA) is 74.0 Å². The Labute approximate surface area is 95.4 Å². The van der Waals surface area contributed by atoms with Gasteiger partial charge in [-0.1, -0.05) is 0 Å². The van der Waals surface area contributed by atoms with Crippen LogP contribution in [0.25, 0.3) is 10.8 Å². The van der Waals surface area contributed by atoms with Gasteiger partial charge in [0.15, 0.2) is 10.8 Å². The molecule has 0 aliphatic heterocycles. The van der Waals surface area contributed by atoms with Crippen molar-refractivity contribution in [2.75, 3.05) is 6.54 Å². The van der Waals surface area contributed by atoms with Gasteiger partial charge in [-0.2, -0.15) is 10.1 Å². The number of aromatic nitrogens is 5. The van der Waals surface area contributed by atoms with Gasteiger partial charge in [-0.3, -0.25) is 4.40 Å². The van der Waals surface area contributed by atoms with Crippen LogP contribution in [0.5, 0.6) is 0 Å². The van der Waals surface area contributed by atoms with E-state index < -0.39 is 0 Å². The lowest BCUT2D eigenvalue weighted by Gasteiger charge is -2.00. The monoisotopic (exact) mass is 234 g/mol. The lowest BCUT2D eigenvalue weighted by Crippen LogP contribution is -2.08. The van der Waals surface area contributed by atoms with Crippen molar-refractivity contribution in [3.63, 3.8) is 0 Å². The summed E-state index contributed by atoms with van der Waals surface area (Å²) in [5.74, 6) is 0.815. The van der Waals surface area contributed by atoms with Crippen LogP contribution in [0, 0.1) is 0 Å². The smallest absolute Gasteiger partial charge is 0.195 e. The van der Waals surface area contributed by atoms with Gasteiger partial charge in [-0.05, 0) is 6.54 Å². The molecule has 0 spiro atoms. The third-order valence-electron chi connectivity index (χ3n) is 2.36. The number of rotatable bonds is 3. The van der Waals surface area contributed by atoms with Gasteiger partial charge in [0.05, 0.1) is 5.69 Å². The van der Waals surface area contributed by atoms with Gasteiger partial charge in [-0.25, -0.2) is 9.67 Å². The quantitative estimate of drug-likeness (QED) is 0.715. The Balaban J connectivity index is 2.22. The minimum absolute atomic E-state index is 0.589. The molecule has 0 fully saturated rings. The van der Waals surface area contributed by atoms with E-state index >= 15 is 0 Å². The van der Waals surface area contributed by atoms with Gasteiger partial charge < -0.3 is 5.73 Å². The molecule has 0 unspecified atom stereocenters. The molecule has 3 rings (SSSR count). The lowest BCUT2D eigenvalue weighted by molar-refractivity contribution is 0.815. The molecule has 6 nitrogen and oxygen atoms in total. The van der Waals surface area contributed by atoms with Crippen molar-refractivity contribution in [2.45, 2.75) is 6.42 Å². The third-order valence-corrected chi connectivity index (χ3v) is 3.11. The van der Waals surface area contributed by atoms with Gasteiger partial charge in [-0.15, -0.1) is 11.3 Å². The van der Waals surface area contributed by atoms with Gasteiger partial charge in [0, 0.05) is 18.0 Å². The molecule has 3 heterocycles. The predicted octanol–water partition coefficient (Wildman–Crippen LogP) is 0.478. The van der Waals surface area contributed by atoms with Crippen molar-refractivity contribution in [1.82, 2.24) is 24.1 Å². The van der Waals surface area contributed by atoms with E-state index in [4.69, 9.17) is 5.73 Å². The number of nitrogens with zero attached hydrogens (tertiary/aromatic N) is 5. The van der Waals surface area contributed by atoms with Crippen molar-refractivity contribution >= 4 is 16.3 Å². The number of thiazole rings is 1. The first-order chi connectivity index (χ1) is 7.90. The van der Waals surface area contributed by atoms with Crippen molar-refractivity contribution in [3.8, 4) is 5.82 Å². The Kier molecular flexibility index (Phi) is 2.19. The highest BCUT2D eigenvalue weighted by Gasteiger charge is 2.14. The Morgan fingerprint density at radius 1 is 1.44 bits per heavy atom. The minimum Gasteiger partial charge on any atom is -0.330 e. The first kappa shape index (κ1) is 9.49. The fourth-order valence-electron chi connectivity index (χ4n) is 1.69. The maximum Gasteiger partial charge on any atom is 0.195 e. The van der Waals surface area contributed by atoms with Crippen LogP contribution >= 0.6 is 11.3 Å². The summed E-state index contributed by atoms with van der Waals surface area (Å²) in [4.78, 5) is 9.40. The maximum absolute atomic E-state index is 5.62. The normalized spacial score (nSPS) is 11.3. The average molecular weight is 234 g/mol. The molecule has 0 atom stereocenters. The van der Waals surface area contributed by atoms with Crippen molar-refractivity contribution < 1.29 is 0 Å². The maximum atomic E-state index is 5.62. The Bertz CT molecular complexity index is 593. The van der Waals surface area contributed by atoms with E-state index in [9.17, 15) is 0 Å². The summed E-state index contributed by atoms with van der Waals surface area (Å²) in [5, 5.41) is 6.11.